The Balaban J connectivity index is 1.21. The Bertz CT molecular complexity index is 974. The number of aromatic nitrogens is 3. The van der Waals surface area contributed by atoms with E-state index in [9.17, 15) is 14.0 Å². The van der Waals surface area contributed by atoms with Gasteiger partial charge >= 0.3 is 6.01 Å². The number of rotatable bonds is 9. The maximum atomic E-state index is 14.2. The average molecular weight is 426 g/mol. The standard InChI is InChI=1S/C21H23FN6O3/c22-17-9-26-21(31-12-18(23)29)27-20(17)28-10-15-14(16(15)11-28)5-7-25-19(30)4-3-13-2-1-6-24-8-13/h1-4,6,8-9,14-16H,5,7,10-12H2,(H2,23,29)(H,25,30)/b4-3+. The third kappa shape index (κ3) is 5.14. The van der Waals surface area contributed by atoms with Gasteiger partial charge in [-0.2, -0.15) is 4.98 Å². The van der Waals surface area contributed by atoms with Gasteiger partial charge in [-0.1, -0.05) is 6.07 Å². The molecule has 1 aliphatic carbocycles. The number of piperidine rings is 1. The van der Waals surface area contributed by atoms with Gasteiger partial charge in [0.1, 0.15) is 0 Å². The van der Waals surface area contributed by atoms with Crippen LogP contribution in [0.5, 0.6) is 6.01 Å². The lowest BCUT2D eigenvalue weighted by atomic mass is 10.2. The molecular formula is C21H23FN6O3. The van der Waals surface area contributed by atoms with Crippen molar-refractivity contribution in [1.82, 2.24) is 20.3 Å². The van der Waals surface area contributed by atoms with Crippen molar-refractivity contribution < 1.29 is 18.7 Å². The summed E-state index contributed by atoms with van der Waals surface area (Å²) >= 11 is 0. The number of carbonyl (C=O) groups excluding carboxylic acids is 2. The second-order valence-electron chi connectivity index (χ2n) is 7.68. The quantitative estimate of drug-likeness (QED) is 0.568. The van der Waals surface area contributed by atoms with Crippen LogP contribution in [0, 0.1) is 23.6 Å². The van der Waals surface area contributed by atoms with E-state index in [1.165, 1.54) is 6.08 Å². The Morgan fingerprint density at radius 1 is 1.32 bits per heavy atom. The van der Waals surface area contributed by atoms with Crippen molar-refractivity contribution in [3.63, 3.8) is 0 Å². The number of fused-ring (bicyclic) bond motifs is 1. The van der Waals surface area contributed by atoms with Crippen molar-refractivity contribution >= 4 is 23.7 Å². The first-order chi connectivity index (χ1) is 15.0. The molecule has 2 aliphatic rings. The highest BCUT2D eigenvalue weighted by molar-refractivity contribution is 5.91. The van der Waals surface area contributed by atoms with Gasteiger partial charge in [0, 0.05) is 38.1 Å². The van der Waals surface area contributed by atoms with Crippen LogP contribution in [0.3, 0.4) is 0 Å². The first kappa shape index (κ1) is 20.7. The van der Waals surface area contributed by atoms with Crippen LogP contribution < -0.4 is 20.7 Å². The lowest BCUT2D eigenvalue weighted by Gasteiger charge is -2.21. The SMILES string of the molecule is NC(=O)COc1ncc(F)c(N2CC3C(CCNC(=O)/C=C/c4cccnc4)C3C2)n1. The number of hydrogen-bond acceptors (Lipinski definition) is 7. The van der Waals surface area contributed by atoms with Gasteiger partial charge in [-0.25, -0.2) is 9.37 Å². The maximum absolute atomic E-state index is 14.2. The molecule has 1 saturated heterocycles. The van der Waals surface area contributed by atoms with Crippen LogP contribution in [0.4, 0.5) is 10.2 Å². The molecular weight excluding hydrogens is 403 g/mol. The minimum atomic E-state index is -0.653. The van der Waals surface area contributed by atoms with Gasteiger partial charge in [-0.3, -0.25) is 14.6 Å². The van der Waals surface area contributed by atoms with E-state index in [0.717, 1.165) is 18.2 Å². The Morgan fingerprint density at radius 2 is 2.13 bits per heavy atom. The van der Waals surface area contributed by atoms with E-state index in [0.29, 0.717) is 37.4 Å². The van der Waals surface area contributed by atoms with Gasteiger partial charge < -0.3 is 20.7 Å². The lowest BCUT2D eigenvalue weighted by molar-refractivity contribution is -0.120. The molecule has 2 fully saturated rings. The first-order valence-corrected chi connectivity index (χ1v) is 10.1. The Morgan fingerprint density at radius 3 is 2.84 bits per heavy atom. The van der Waals surface area contributed by atoms with Crippen molar-refractivity contribution in [2.24, 2.45) is 23.5 Å². The molecule has 10 heteroatoms. The number of anilines is 1. The number of ether oxygens (including phenoxy) is 1. The number of nitrogens with one attached hydrogen (secondary N) is 1. The Kier molecular flexibility index (Phi) is 6.06. The van der Waals surface area contributed by atoms with Crippen LogP contribution in [-0.2, 0) is 9.59 Å². The number of hydrogen-bond donors (Lipinski definition) is 2. The number of carbonyl (C=O) groups is 2. The normalized spacial score (nSPS) is 21.7. The molecule has 2 amide bonds. The van der Waals surface area contributed by atoms with E-state index in [4.69, 9.17) is 10.5 Å². The second-order valence-corrected chi connectivity index (χ2v) is 7.68. The summed E-state index contributed by atoms with van der Waals surface area (Å²) in [5.41, 5.74) is 5.91. The summed E-state index contributed by atoms with van der Waals surface area (Å²) < 4.78 is 19.2. The van der Waals surface area contributed by atoms with E-state index in [-0.39, 0.29) is 24.3 Å². The predicted molar refractivity (Wildman–Crippen MR) is 110 cm³/mol. The molecule has 2 aromatic heterocycles. The lowest BCUT2D eigenvalue weighted by Crippen LogP contribution is -2.28. The number of primary amides is 1. The van der Waals surface area contributed by atoms with Gasteiger partial charge in [-0.05, 0) is 41.9 Å². The minimum Gasteiger partial charge on any atom is -0.453 e. The van der Waals surface area contributed by atoms with Gasteiger partial charge in [0.15, 0.2) is 18.2 Å². The molecule has 0 aromatic carbocycles. The van der Waals surface area contributed by atoms with Gasteiger partial charge in [0.25, 0.3) is 5.91 Å². The number of nitrogens with zero attached hydrogens (tertiary/aromatic N) is 4. The Labute approximate surface area is 178 Å². The summed E-state index contributed by atoms with van der Waals surface area (Å²) in [6, 6.07) is 3.62. The van der Waals surface area contributed by atoms with Crippen LogP contribution in [0.25, 0.3) is 6.08 Å². The van der Waals surface area contributed by atoms with E-state index in [1.54, 1.807) is 18.5 Å². The van der Waals surface area contributed by atoms with E-state index < -0.39 is 11.7 Å². The molecule has 0 radical (unpaired) electrons. The summed E-state index contributed by atoms with van der Waals surface area (Å²) in [4.78, 5) is 36.4. The van der Waals surface area contributed by atoms with Crippen LogP contribution in [-0.4, -0.2) is 53.0 Å². The molecule has 2 aromatic rings. The molecule has 3 N–H and O–H groups in total. The zero-order valence-electron chi connectivity index (χ0n) is 16.8. The van der Waals surface area contributed by atoms with Gasteiger partial charge in [0.2, 0.25) is 5.91 Å². The van der Waals surface area contributed by atoms with E-state index in [2.05, 4.69) is 20.3 Å². The monoisotopic (exact) mass is 426 g/mol. The highest BCUT2D eigenvalue weighted by Gasteiger charge is 2.55. The third-order valence-corrected chi connectivity index (χ3v) is 5.61. The summed E-state index contributed by atoms with van der Waals surface area (Å²) in [5, 5.41) is 2.90. The summed E-state index contributed by atoms with van der Waals surface area (Å²) in [7, 11) is 0. The highest BCUT2D eigenvalue weighted by Crippen LogP contribution is 2.54. The second kappa shape index (κ2) is 9.07. The Hall–Kier alpha value is -3.56. The van der Waals surface area contributed by atoms with Gasteiger partial charge in [-0.15, -0.1) is 0 Å². The largest absolute Gasteiger partial charge is 0.453 e. The number of halogens is 1. The molecule has 2 unspecified atom stereocenters. The number of pyridine rings is 1. The molecule has 4 rings (SSSR count). The zero-order chi connectivity index (χ0) is 21.8. The van der Waals surface area contributed by atoms with Crippen molar-refractivity contribution in [3.05, 3.63) is 48.2 Å². The molecule has 1 saturated carbocycles. The van der Waals surface area contributed by atoms with Crippen LogP contribution >= 0.6 is 0 Å². The van der Waals surface area contributed by atoms with Crippen molar-refractivity contribution in [3.8, 4) is 6.01 Å². The van der Waals surface area contributed by atoms with Gasteiger partial charge in [0.05, 0.1) is 6.20 Å². The summed E-state index contributed by atoms with van der Waals surface area (Å²) in [6.45, 7) is 1.61. The molecule has 3 heterocycles. The van der Waals surface area contributed by atoms with Crippen LogP contribution in [0.2, 0.25) is 0 Å². The van der Waals surface area contributed by atoms with E-state index in [1.807, 2.05) is 17.0 Å². The first-order valence-electron chi connectivity index (χ1n) is 10.1. The smallest absolute Gasteiger partial charge is 0.319 e. The molecule has 0 spiro atoms. The van der Waals surface area contributed by atoms with Crippen molar-refractivity contribution in [2.45, 2.75) is 6.42 Å². The summed E-state index contributed by atoms with van der Waals surface area (Å²) in [5.74, 6) is 0.266. The minimum absolute atomic E-state index is 0.0747. The average Bonchev–Trinajstić information content (AvgIpc) is 3.21. The molecule has 1 aliphatic heterocycles. The van der Waals surface area contributed by atoms with Crippen LogP contribution in [0.1, 0.15) is 12.0 Å². The van der Waals surface area contributed by atoms with Crippen molar-refractivity contribution in [2.75, 3.05) is 31.1 Å². The molecule has 162 valence electrons. The fourth-order valence-electron chi connectivity index (χ4n) is 4.09. The van der Waals surface area contributed by atoms with Crippen molar-refractivity contribution in [1.29, 1.82) is 0 Å². The fraction of sp³-hybridized carbons (Fsp3) is 0.381. The molecule has 31 heavy (non-hydrogen) atoms. The zero-order valence-corrected chi connectivity index (χ0v) is 16.8. The summed E-state index contributed by atoms with van der Waals surface area (Å²) in [6.07, 6.45) is 8.52. The number of nitrogens with two attached hydrogens (primary N) is 1. The van der Waals surface area contributed by atoms with Crippen LogP contribution in [0.15, 0.2) is 36.8 Å². The topological polar surface area (TPSA) is 123 Å². The van der Waals surface area contributed by atoms with E-state index >= 15 is 0 Å². The maximum Gasteiger partial charge on any atom is 0.319 e. The molecule has 2 atom stereocenters. The number of amides is 2. The predicted octanol–water partition coefficient (Wildman–Crippen LogP) is 0.777. The molecule has 9 nitrogen and oxygen atoms in total. The highest BCUT2D eigenvalue weighted by atomic mass is 19.1. The fourth-order valence-corrected chi connectivity index (χ4v) is 4.09. The molecule has 0 bridgehead atoms. The third-order valence-electron chi connectivity index (χ3n) is 5.61.